The van der Waals surface area contributed by atoms with E-state index in [1.54, 1.807) is 0 Å². The molecule has 2 aromatic carbocycles. The summed E-state index contributed by atoms with van der Waals surface area (Å²) in [6, 6.07) is 11.5. The van der Waals surface area contributed by atoms with E-state index in [-0.39, 0.29) is 22.0 Å². The first-order chi connectivity index (χ1) is 11.3. The molecule has 2 rings (SSSR count). The van der Waals surface area contributed by atoms with Crippen molar-refractivity contribution in [3.8, 4) is 11.8 Å². The van der Waals surface area contributed by atoms with E-state index in [1.807, 2.05) is 6.07 Å². The van der Waals surface area contributed by atoms with Crippen LogP contribution in [-0.4, -0.2) is 18.7 Å². The molecule has 0 aliphatic carbocycles. The van der Waals surface area contributed by atoms with E-state index in [2.05, 4.69) is 10.1 Å². The number of carbonyl (C=O) groups is 1. The van der Waals surface area contributed by atoms with Crippen molar-refractivity contribution >= 4 is 23.2 Å². The highest BCUT2D eigenvalue weighted by Crippen LogP contribution is 2.30. The zero-order valence-electron chi connectivity index (χ0n) is 12.0. The van der Waals surface area contributed by atoms with E-state index in [1.165, 1.54) is 42.5 Å². The molecule has 2 aromatic rings. The summed E-state index contributed by atoms with van der Waals surface area (Å²) in [6.45, 7) is -1.49. The summed E-state index contributed by atoms with van der Waals surface area (Å²) in [5, 5.41) is 11.4. The van der Waals surface area contributed by atoms with Gasteiger partial charge in [-0.2, -0.15) is 18.4 Å². The fourth-order valence-corrected chi connectivity index (χ4v) is 1.95. The molecule has 0 bridgehead atoms. The van der Waals surface area contributed by atoms with E-state index in [0.717, 1.165) is 0 Å². The summed E-state index contributed by atoms with van der Waals surface area (Å²) in [6.07, 6.45) is -4.51. The number of halogens is 4. The van der Waals surface area contributed by atoms with Crippen LogP contribution < -0.4 is 10.1 Å². The number of nitrogens with zero attached hydrogens (tertiary/aromatic N) is 1. The lowest BCUT2D eigenvalue weighted by molar-refractivity contribution is -0.153. The third-order valence-corrected chi connectivity index (χ3v) is 3.09. The lowest BCUT2D eigenvalue weighted by Crippen LogP contribution is -2.20. The molecule has 0 spiro atoms. The number of nitrogens with one attached hydrogen (secondary N) is 1. The number of hydrogen-bond acceptors (Lipinski definition) is 3. The summed E-state index contributed by atoms with van der Waals surface area (Å²) in [5.41, 5.74) is 0.625. The van der Waals surface area contributed by atoms with Crippen LogP contribution in [-0.2, 0) is 0 Å². The maximum Gasteiger partial charge on any atom is 0.422 e. The summed E-state index contributed by atoms with van der Waals surface area (Å²) in [7, 11) is 0. The Bertz CT molecular complexity index is 783. The largest absolute Gasteiger partial charge is 0.482 e. The Labute approximate surface area is 140 Å². The Balaban J connectivity index is 2.19. The molecule has 0 saturated carbocycles. The van der Waals surface area contributed by atoms with Gasteiger partial charge in [0.15, 0.2) is 6.61 Å². The fourth-order valence-electron chi connectivity index (χ4n) is 1.78. The van der Waals surface area contributed by atoms with Crippen LogP contribution in [0.1, 0.15) is 15.9 Å². The zero-order chi connectivity index (χ0) is 17.7. The van der Waals surface area contributed by atoms with E-state index in [4.69, 9.17) is 16.9 Å². The Kier molecular flexibility index (Phi) is 5.31. The second kappa shape index (κ2) is 7.23. The van der Waals surface area contributed by atoms with Crippen LogP contribution in [0.3, 0.4) is 0 Å². The molecule has 0 heterocycles. The molecule has 0 radical (unpaired) electrons. The normalized spacial score (nSPS) is 10.8. The Morgan fingerprint density at radius 2 is 1.88 bits per heavy atom. The van der Waals surface area contributed by atoms with Gasteiger partial charge in [-0.15, -0.1) is 0 Å². The fraction of sp³-hybridized carbons (Fsp3) is 0.125. The molecule has 124 valence electrons. The van der Waals surface area contributed by atoms with E-state index in [9.17, 15) is 18.0 Å². The van der Waals surface area contributed by atoms with Crippen LogP contribution in [0.4, 0.5) is 18.9 Å². The summed E-state index contributed by atoms with van der Waals surface area (Å²) in [4.78, 5) is 12.2. The van der Waals surface area contributed by atoms with Gasteiger partial charge in [-0.25, -0.2) is 0 Å². The molecule has 1 N–H and O–H groups in total. The van der Waals surface area contributed by atoms with Crippen LogP contribution >= 0.6 is 11.6 Å². The van der Waals surface area contributed by atoms with Gasteiger partial charge in [0.1, 0.15) is 5.75 Å². The molecule has 0 saturated heterocycles. The van der Waals surface area contributed by atoms with Crippen molar-refractivity contribution in [1.82, 2.24) is 0 Å². The van der Waals surface area contributed by atoms with Gasteiger partial charge in [0.2, 0.25) is 0 Å². The molecule has 0 aromatic heterocycles. The van der Waals surface area contributed by atoms with Crippen molar-refractivity contribution in [3.63, 3.8) is 0 Å². The molecule has 8 heteroatoms. The van der Waals surface area contributed by atoms with Crippen molar-refractivity contribution in [2.75, 3.05) is 11.9 Å². The van der Waals surface area contributed by atoms with Crippen molar-refractivity contribution in [2.24, 2.45) is 0 Å². The number of nitriles is 1. The lowest BCUT2D eigenvalue weighted by Gasteiger charge is -2.14. The Hall–Kier alpha value is -2.72. The maximum atomic E-state index is 12.3. The average Bonchev–Trinajstić information content (AvgIpc) is 2.53. The van der Waals surface area contributed by atoms with E-state index >= 15 is 0 Å². The van der Waals surface area contributed by atoms with Gasteiger partial charge in [-0.3, -0.25) is 4.79 Å². The number of anilines is 1. The smallest absolute Gasteiger partial charge is 0.422 e. The quantitative estimate of drug-likeness (QED) is 0.884. The average molecular weight is 355 g/mol. The molecule has 0 fully saturated rings. The molecule has 1 amide bonds. The SMILES string of the molecule is N#Cc1ccc(C(=O)Nc2cc(Cl)ccc2OCC(F)(F)F)cc1. The minimum Gasteiger partial charge on any atom is -0.482 e. The third kappa shape index (κ3) is 4.89. The van der Waals surface area contributed by atoms with Crippen LogP contribution in [0.15, 0.2) is 42.5 Å². The molecule has 0 aliphatic rings. The molecular weight excluding hydrogens is 345 g/mol. The highest BCUT2D eigenvalue weighted by Gasteiger charge is 2.29. The molecule has 4 nitrogen and oxygen atoms in total. The number of amides is 1. The van der Waals surface area contributed by atoms with Crippen LogP contribution in [0.2, 0.25) is 5.02 Å². The van der Waals surface area contributed by atoms with Crippen molar-refractivity contribution in [3.05, 3.63) is 58.6 Å². The molecule has 0 unspecified atom stereocenters. The Morgan fingerprint density at radius 3 is 2.46 bits per heavy atom. The van der Waals surface area contributed by atoms with Gasteiger partial charge in [0, 0.05) is 10.6 Å². The van der Waals surface area contributed by atoms with Gasteiger partial charge >= 0.3 is 6.18 Å². The predicted octanol–water partition coefficient (Wildman–Crippen LogP) is 4.41. The standard InChI is InChI=1S/C16H10ClF3N2O2/c17-12-5-6-14(24-9-16(18,19)20)13(7-12)22-15(23)11-3-1-10(8-21)2-4-11/h1-7H,9H2,(H,22,23). The number of carbonyl (C=O) groups excluding carboxylic acids is 1. The lowest BCUT2D eigenvalue weighted by atomic mass is 10.1. The molecule has 0 aliphatic heterocycles. The first kappa shape index (κ1) is 17.6. The first-order valence-electron chi connectivity index (χ1n) is 6.59. The summed E-state index contributed by atoms with van der Waals surface area (Å²) in [5.74, 6) is -0.725. The van der Waals surface area contributed by atoms with E-state index < -0.39 is 18.7 Å². The number of ether oxygens (including phenoxy) is 1. The zero-order valence-corrected chi connectivity index (χ0v) is 12.8. The van der Waals surface area contributed by atoms with Gasteiger partial charge in [-0.05, 0) is 42.5 Å². The van der Waals surface area contributed by atoms with Crippen LogP contribution in [0, 0.1) is 11.3 Å². The molecular formula is C16H10ClF3N2O2. The van der Waals surface area contributed by atoms with Gasteiger partial charge < -0.3 is 10.1 Å². The van der Waals surface area contributed by atoms with Gasteiger partial charge in [-0.1, -0.05) is 11.6 Å². The van der Waals surface area contributed by atoms with Crippen molar-refractivity contribution in [1.29, 1.82) is 5.26 Å². The number of rotatable bonds is 4. The minimum absolute atomic E-state index is 0.0149. The molecule has 24 heavy (non-hydrogen) atoms. The number of benzene rings is 2. The van der Waals surface area contributed by atoms with Crippen LogP contribution in [0.25, 0.3) is 0 Å². The highest BCUT2D eigenvalue weighted by atomic mass is 35.5. The van der Waals surface area contributed by atoms with Crippen molar-refractivity contribution in [2.45, 2.75) is 6.18 Å². The van der Waals surface area contributed by atoms with Crippen LogP contribution in [0.5, 0.6) is 5.75 Å². The minimum atomic E-state index is -4.51. The third-order valence-electron chi connectivity index (χ3n) is 2.86. The highest BCUT2D eigenvalue weighted by molar-refractivity contribution is 6.31. The Morgan fingerprint density at radius 1 is 1.21 bits per heavy atom. The van der Waals surface area contributed by atoms with Crippen molar-refractivity contribution < 1.29 is 22.7 Å². The topological polar surface area (TPSA) is 62.1 Å². The first-order valence-corrected chi connectivity index (χ1v) is 6.97. The molecule has 0 atom stereocenters. The van der Waals surface area contributed by atoms with Gasteiger partial charge in [0.25, 0.3) is 5.91 Å². The number of hydrogen-bond donors (Lipinski definition) is 1. The summed E-state index contributed by atoms with van der Waals surface area (Å²) < 4.78 is 41.5. The second-order valence-corrected chi connectivity index (χ2v) is 5.12. The predicted molar refractivity (Wildman–Crippen MR) is 82.1 cm³/mol. The summed E-state index contributed by atoms with van der Waals surface area (Å²) >= 11 is 5.81. The number of alkyl halides is 3. The maximum absolute atomic E-state index is 12.3. The second-order valence-electron chi connectivity index (χ2n) is 4.69. The van der Waals surface area contributed by atoms with E-state index in [0.29, 0.717) is 5.56 Å². The van der Waals surface area contributed by atoms with Gasteiger partial charge in [0.05, 0.1) is 17.3 Å². The monoisotopic (exact) mass is 354 g/mol.